The lowest BCUT2D eigenvalue weighted by molar-refractivity contribution is 0.0936. The van der Waals surface area contributed by atoms with Crippen LogP contribution < -0.4 is 5.32 Å². The second-order valence-electron chi connectivity index (χ2n) is 3.73. The van der Waals surface area contributed by atoms with Crippen LogP contribution in [0.25, 0.3) is 0 Å². The second kappa shape index (κ2) is 7.03. The van der Waals surface area contributed by atoms with Crippen LogP contribution in [0.15, 0.2) is 28.7 Å². The van der Waals surface area contributed by atoms with E-state index in [0.717, 1.165) is 4.47 Å². The summed E-state index contributed by atoms with van der Waals surface area (Å²) in [6.07, 6.45) is 1.92. The number of thioether (sulfide) groups is 1. The van der Waals surface area contributed by atoms with Crippen molar-refractivity contribution in [3.05, 3.63) is 34.3 Å². The Balaban J connectivity index is 2.62. The van der Waals surface area contributed by atoms with Gasteiger partial charge in [0.1, 0.15) is 0 Å². The van der Waals surface area contributed by atoms with Gasteiger partial charge in [0.2, 0.25) is 0 Å². The molecule has 1 aromatic carbocycles. The summed E-state index contributed by atoms with van der Waals surface area (Å²) in [6, 6.07) is 7.12. The predicted molar refractivity (Wildman–Crippen MR) is 75.5 cm³/mol. The highest BCUT2D eigenvalue weighted by atomic mass is 79.9. The molecule has 17 heavy (non-hydrogen) atoms. The van der Waals surface area contributed by atoms with Crippen molar-refractivity contribution in [2.75, 3.05) is 12.9 Å². The van der Waals surface area contributed by atoms with Crippen LogP contribution in [0.5, 0.6) is 0 Å². The number of halogens is 1. The highest BCUT2D eigenvalue weighted by Crippen LogP contribution is 2.13. The van der Waals surface area contributed by atoms with E-state index in [9.17, 15) is 4.79 Å². The quantitative estimate of drug-likeness (QED) is 0.876. The molecule has 0 aromatic heterocycles. The van der Waals surface area contributed by atoms with Gasteiger partial charge in [-0.05, 0) is 37.4 Å². The molecule has 0 radical (unpaired) electrons. The minimum atomic E-state index is -0.113. The molecule has 0 aliphatic rings. The van der Waals surface area contributed by atoms with E-state index in [1.165, 1.54) is 0 Å². The zero-order valence-electron chi connectivity index (χ0n) is 9.81. The number of benzene rings is 1. The highest BCUT2D eigenvalue weighted by Gasteiger charge is 2.17. The Morgan fingerprint density at radius 1 is 1.47 bits per heavy atom. The highest BCUT2D eigenvalue weighted by molar-refractivity contribution is 9.10. The molecule has 0 fully saturated rings. The van der Waals surface area contributed by atoms with E-state index >= 15 is 0 Å². The van der Waals surface area contributed by atoms with Gasteiger partial charge < -0.3 is 10.4 Å². The lowest BCUT2D eigenvalue weighted by Gasteiger charge is -2.21. The van der Waals surface area contributed by atoms with E-state index < -0.39 is 0 Å². The van der Waals surface area contributed by atoms with Gasteiger partial charge in [-0.25, -0.2) is 0 Å². The monoisotopic (exact) mass is 317 g/mol. The molecule has 2 N–H and O–H groups in total. The Kier molecular flexibility index (Phi) is 6.02. The molecule has 5 heteroatoms. The van der Waals surface area contributed by atoms with Crippen LogP contribution in [0.3, 0.4) is 0 Å². The molecule has 0 aliphatic carbocycles. The molecule has 0 spiro atoms. The van der Waals surface area contributed by atoms with Gasteiger partial charge in [-0.2, -0.15) is 11.8 Å². The van der Waals surface area contributed by atoms with Crippen molar-refractivity contribution in [2.24, 2.45) is 0 Å². The molecular weight excluding hydrogens is 302 g/mol. The molecule has 94 valence electrons. The third-order valence-electron chi connectivity index (χ3n) is 2.51. The first-order chi connectivity index (χ1) is 8.08. The van der Waals surface area contributed by atoms with Crippen LogP contribution in [0.2, 0.25) is 0 Å². The maximum Gasteiger partial charge on any atom is 0.251 e. The van der Waals surface area contributed by atoms with Gasteiger partial charge in [0.15, 0.2) is 0 Å². The van der Waals surface area contributed by atoms with Gasteiger partial charge in [0, 0.05) is 21.3 Å². The molecule has 0 saturated heterocycles. The fraction of sp³-hybridized carbons (Fsp3) is 0.417. The standard InChI is InChI=1S/C12H16BrNO2S/c1-8(11(7-15)17-2)14-12(16)9-3-5-10(13)6-4-9/h3-6,8,11,15H,7H2,1-2H3,(H,14,16). The van der Waals surface area contributed by atoms with E-state index in [0.29, 0.717) is 5.56 Å². The fourth-order valence-corrected chi connectivity index (χ4v) is 2.31. The van der Waals surface area contributed by atoms with Crippen molar-refractivity contribution in [2.45, 2.75) is 18.2 Å². The maximum atomic E-state index is 11.9. The maximum absolute atomic E-state index is 11.9. The summed E-state index contributed by atoms with van der Waals surface area (Å²) in [5.74, 6) is -0.113. The summed E-state index contributed by atoms with van der Waals surface area (Å²) < 4.78 is 0.944. The SMILES string of the molecule is CSC(CO)C(C)NC(=O)c1ccc(Br)cc1. The Labute approximate surface area is 114 Å². The fourth-order valence-electron chi connectivity index (χ4n) is 1.42. The molecule has 0 bridgehead atoms. The minimum Gasteiger partial charge on any atom is -0.395 e. The molecule has 2 unspecified atom stereocenters. The van der Waals surface area contributed by atoms with Gasteiger partial charge in [0.25, 0.3) is 5.91 Å². The van der Waals surface area contributed by atoms with Crippen LogP contribution in [-0.2, 0) is 0 Å². The Hall–Kier alpha value is -0.520. The third-order valence-corrected chi connectivity index (χ3v) is 4.20. The van der Waals surface area contributed by atoms with Gasteiger partial charge in [0.05, 0.1) is 6.61 Å². The summed E-state index contributed by atoms with van der Waals surface area (Å²) in [7, 11) is 0. The van der Waals surface area contributed by atoms with Gasteiger partial charge in [-0.1, -0.05) is 15.9 Å². The molecule has 1 amide bonds. The first-order valence-corrected chi connectivity index (χ1v) is 7.36. The van der Waals surface area contributed by atoms with Crippen LogP contribution in [0.4, 0.5) is 0 Å². The molecular formula is C12H16BrNO2S. The number of aliphatic hydroxyl groups excluding tert-OH is 1. The van der Waals surface area contributed by atoms with Crippen LogP contribution in [0.1, 0.15) is 17.3 Å². The minimum absolute atomic E-state index is 0.0226. The van der Waals surface area contributed by atoms with E-state index in [2.05, 4.69) is 21.2 Å². The molecule has 2 atom stereocenters. The van der Waals surface area contributed by atoms with Crippen LogP contribution in [0, 0.1) is 0 Å². The normalized spacial score (nSPS) is 14.1. The largest absolute Gasteiger partial charge is 0.395 e. The van der Waals surface area contributed by atoms with E-state index in [4.69, 9.17) is 5.11 Å². The molecule has 3 nitrogen and oxygen atoms in total. The van der Waals surface area contributed by atoms with Crippen molar-refractivity contribution in [1.82, 2.24) is 5.32 Å². The average Bonchev–Trinajstić information content (AvgIpc) is 2.31. The summed E-state index contributed by atoms with van der Waals surface area (Å²) in [5, 5.41) is 12.0. The third kappa shape index (κ3) is 4.33. The molecule has 1 aromatic rings. The number of aliphatic hydroxyl groups is 1. The van der Waals surface area contributed by atoms with Crippen molar-refractivity contribution < 1.29 is 9.90 Å². The topological polar surface area (TPSA) is 49.3 Å². The number of amides is 1. The number of nitrogens with one attached hydrogen (secondary N) is 1. The van der Waals surface area contributed by atoms with E-state index in [1.807, 2.05) is 25.3 Å². The summed E-state index contributed by atoms with van der Waals surface area (Å²) in [5.41, 5.74) is 0.623. The van der Waals surface area contributed by atoms with Crippen molar-refractivity contribution >= 4 is 33.6 Å². The van der Waals surface area contributed by atoms with E-state index in [-0.39, 0.29) is 23.8 Å². The second-order valence-corrected chi connectivity index (χ2v) is 5.72. The van der Waals surface area contributed by atoms with Crippen LogP contribution >= 0.6 is 27.7 Å². The molecule has 0 saturated carbocycles. The number of hydrogen-bond acceptors (Lipinski definition) is 3. The molecule has 1 rings (SSSR count). The predicted octanol–water partition coefficient (Wildman–Crippen LogP) is 2.29. The number of carbonyl (C=O) groups excluding carboxylic acids is 1. The zero-order chi connectivity index (χ0) is 12.8. The van der Waals surface area contributed by atoms with Crippen molar-refractivity contribution in [3.8, 4) is 0 Å². The first kappa shape index (κ1) is 14.5. The zero-order valence-corrected chi connectivity index (χ0v) is 12.2. The Bertz CT molecular complexity index is 365. The van der Waals surface area contributed by atoms with Gasteiger partial charge >= 0.3 is 0 Å². The number of carbonyl (C=O) groups is 1. The number of hydrogen-bond donors (Lipinski definition) is 2. The summed E-state index contributed by atoms with van der Waals surface area (Å²) >= 11 is 4.87. The summed E-state index contributed by atoms with van der Waals surface area (Å²) in [6.45, 7) is 1.96. The van der Waals surface area contributed by atoms with Gasteiger partial charge in [-0.15, -0.1) is 0 Å². The van der Waals surface area contributed by atoms with E-state index in [1.54, 1.807) is 23.9 Å². The van der Waals surface area contributed by atoms with Crippen LogP contribution in [-0.4, -0.2) is 35.2 Å². The molecule has 0 heterocycles. The Morgan fingerprint density at radius 2 is 2.06 bits per heavy atom. The van der Waals surface area contributed by atoms with Crippen molar-refractivity contribution in [1.29, 1.82) is 0 Å². The number of rotatable bonds is 5. The average molecular weight is 318 g/mol. The Morgan fingerprint density at radius 3 is 2.53 bits per heavy atom. The van der Waals surface area contributed by atoms with Crippen molar-refractivity contribution in [3.63, 3.8) is 0 Å². The molecule has 0 aliphatic heterocycles. The first-order valence-electron chi connectivity index (χ1n) is 5.28. The summed E-state index contributed by atoms with van der Waals surface area (Å²) in [4.78, 5) is 11.9. The smallest absolute Gasteiger partial charge is 0.251 e. The lowest BCUT2D eigenvalue weighted by Crippen LogP contribution is -2.41. The lowest BCUT2D eigenvalue weighted by atomic mass is 10.2. The van der Waals surface area contributed by atoms with Gasteiger partial charge in [-0.3, -0.25) is 4.79 Å².